The maximum absolute atomic E-state index is 12.5. The van der Waals surface area contributed by atoms with Gasteiger partial charge in [-0.1, -0.05) is 378 Å². The molecule has 0 aliphatic heterocycles. The van der Waals surface area contributed by atoms with E-state index in [1.165, 1.54) is 334 Å². The normalized spacial score (nSPS) is 12.7. The summed E-state index contributed by atoms with van der Waals surface area (Å²) < 4.78 is 5.48. The van der Waals surface area contributed by atoms with Crippen LogP contribution in [0.2, 0.25) is 0 Å². The van der Waals surface area contributed by atoms with E-state index in [0.29, 0.717) is 19.4 Å². The quantitative estimate of drug-likeness (QED) is 0.0320. The summed E-state index contributed by atoms with van der Waals surface area (Å²) in [4.78, 5) is 24.6. The van der Waals surface area contributed by atoms with Crippen molar-refractivity contribution in [3.05, 3.63) is 36.5 Å². The molecule has 0 heterocycles. The molecule has 2 unspecified atom stereocenters. The van der Waals surface area contributed by atoms with Crippen molar-refractivity contribution in [2.45, 2.75) is 424 Å². The van der Waals surface area contributed by atoms with Crippen molar-refractivity contribution in [3.8, 4) is 0 Å². The molecule has 0 aromatic heterocycles. The number of carbonyl (C=O) groups excluding carboxylic acids is 2. The van der Waals surface area contributed by atoms with Gasteiger partial charge in [-0.25, -0.2) is 0 Å². The van der Waals surface area contributed by atoms with Crippen molar-refractivity contribution in [3.63, 3.8) is 0 Å². The minimum atomic E-state index is -0.844. The van der Waals surface area contributed by atoms with Crippen molar-refractivity contribution in [2.75, 3.05) is 13.2 Å². The van der Waals surface area contributed by atoms with Gasteiger partial charge in [-0.2, -0.15) is 0 Å². The molecule has 0 aromatic carbocycles. The molecule has 0 aromatic rings. The van der Waals surface area contributed by atoms with Gasteiger partial charge in [0.15, 0.2) is 0 Å². The van der Waals surface area contributed by atoms with Gasteiger partial charge in [0.05, 0.1) is 25.4 Å². The van der Waals surface area contributed by atoms with Gasteiger partial charge in [0, 0.05) is 12.8 Å². The maximum atomic E-state index is 12.5. The molecule has 0 fully saturated rings. The van der Waals surface area contributed by atoms with Gasteiger partial charge in [-0.3, -0.25) is 9.59 Å². The highest BCUT2D eigenvalue weighted by molar-refractivity contribution is 5.76. The third-order valence-electron chi connectivity index (χ3n) is 17.4. The summed E-state index contributed by atoms with van der Waals surface area (Å²) >= 11 is 0. The molecule has 2 atom stereocenters. The van der Waals surface area contributed by atoms with Crippen LogP contribution in [0.25, 0.3) is 0 Å². The molecule has 0 rings (SSSR count). The zero-order chi connectivity index (χ0) is 59.2. The van der Waals surface area contributed by atoms with Crippen LogP contribution in [-0.2, 0) is 14.3 Å². The Bertz CT molecular complexity index is 1330. The first-order valence-electron chi connectivity index (χ1n) is 37.3. The van der Waals surface area contributed by atoms with Gasteiger partial charge in [0.25, 0.3) is 0 Å². The molecule has 3 N–H and O–H groups in total. The van der Waals surface area contributed by atoms with E-state index in [0.717, 1.165) is 51.4 Å². The average molecular weight is 1150 g/mol. The maximum Gasteiger partial charge on any atom is 0.305 e. The van der Waals surface area contributed by atoms with Crippen molar-refractivity contribution >= 4 is 11.9 Å². The van der Waals surface area contributed by atoms with E-state index in [-0.39, 0.29) is 18.5 Å². The molecular formula is C76H145NO5. The smallest absolute Gasteiger partial charge is 0.305 e. The SMILES string of the molecule is CCC/C=C\C/C=C\CCCCCCCC(=O)OCCCCCCCCCCCCCCCCCCCCCCCCCCCCCC(=O)NC(CO)C(O)/C=C/CCCCCCCCCCCCCCCCCCCCCCCCC. The fraction of sp³-hybridized carbons (Fsp3) is 0.895. The Morgan fingerprint density at radius 2 is 0.634 bits per heavy atom. The second-order valence-electron chi connectivity index (χ2n) is 25.6. The highest BCUT2D eigenvalue weighted by Gasteiger charge is 2.18. The predicted molar refractivity (Wildman–Crippen MR) is 361 cm³/mol. The minimum absolute atomic E-state index is 0.00286. The monoisotopic (exact) mass is 1150 g/mol. The Labute approximate surface area is 513 Å². The molecular weight excluding hydrogens is 1010 g/mol. The van der Waals surface area contributed by atoms with E-state index < -0.39 is 12.1 Å². The van der Waals surface area contributed by atoms with Gasteiger partial charge in [0.1, 0.15) is 0 Å². The van der Waals surface area contributed by atoms with Gasteiger partial charge in [-0.05, 0) is 57.8 Å². The number of hydrogen-bond acceptors (Lipinski definition) is 5. The number of nitrogens with one attached hydrogen (secondary N) is 1. The number of amides is 1. The first-order chi connectivity index (χ1) is 40.5. The van der Waals surface area contributed by atoms with E-state index in [4.69, 9.17) is 4.74 Å². The van der Waals surface area contributed by atoms with E-state index in [1.807, 2.05) is 6.08 Å². The van der Waals surface area contributed by atoms with E-state index in [2.05, 4.69) is 43.5 Å². The van der Waals surface area contributed by atoms with Crippen LogP contribution in [0.15, 0.2) is 36.5 Å². The summed E-state index contributed by atoms with van der Waals surface area (Å²) in [7, 11) is 0. The summed E-state index contributed by atoms with van der Waals surface area (Å²) in [6.07, 6.45) is 92.4. The van der Waals surface area contributed by atoms with Crippen molar-refractivity contribution in [1.29, 1.82) is 0 Å². The number of rotatable bonds is 70. The number of allylic oxidation sites excluding steroid dienone is 5. The van der Waals surface area contributed by atoms with Crippen LogP contribution in [0, 0.1) is 0 Å². The summed E-state index contributed by atoms with van der Waals surface area (Å²) in [6.45, 7) is 4.88. The lowest BCUT2D eigenvalue weighted by Crippen LogP contribution is -2.45. The number of aliphatic hydroxyl groups is 2. The minimum Gasteiger partial charge on any atom is -0.466 e. The summed E-state index contributed by atoms with van der Waals surface area (Å²) in [5, 5.41) is 23.3. The van der Waals surface area contributed by atoms with Crippen LogP contribution >= 0.6 is 0 Å². The molecule has 1 amide bonds. The predicted octanol–water partition coefficient (Wildman–Crippen LogP) is 24.3. The summed E-state index contributed by atoms with van der Waals surface area (Å²) in [6, 6.07) is -0.628. The molecule has 0 aliphatic carbocycles. The van der Waals surface area contributed by atoms with Crippen molar-refractivity contribution < 1.29 is 24.5 Å². The third kappa shape index (κ3) is 67.2. The van der Waals surface area contributed by atoms with Gasteiger partial charge < -0.3 is 20.3 Å². The first kappa shape index (κ1) is 80.1. The van der Waals surface area contributed by atoms with E-state index in [9.17, 15) is 19.8 Å². The van der Waals surface area contributed by atoms with Crippen LogP contribution < -0.4 is 5.32 Å². The van der Waals surface area contributed by atoms with Gasteiger partial charge in [0.2, 0.25) is 5.91 Å². The summed E-state index contributed by atoms with van der Waals surface area (Å²) in [5.74, 6) is -0.0579. The third-order valence-corrected chi connectivity index (χ3v) is 17.4. The second-order valence-corrected chi connectivity index (χ2v) is 25.6. The van der Waals surface area contributed by atoms with Crippen LogP contribution in [0.3, 0.4) is 0 Å². The average Bonchev–Trinajstić information content (AvgIpc) is 3.48. The number of unbranched alkanes of at least 4 members (excludes halogenated alkanes) is 55. The number of esters is 1. The molecule has 82 heavy (non-hydrogen) atoms. The lowest BCUT2D eigenvalue weighted by molar-refractivity contribution is -0.143. The van der Waals surface area contributed by atoms with Crippen LogP contribution in [0.1, 0.15) is 412 Å². The first-order valence-corrected chi connectivity index (χ1v) is 37.3. The van der Waals surface area contributed by atoms with E-state index >= 15 is 0 Å². The topological polar surface area (TPSA) is 95.9 Å². The molecule has 0 radical (unpaired) electrons. The molecule has 0 aliphatic rings. The highest BCUT2D eigenvalue weighted by Crippen LogP contribution is 2.19. The molecule has 0 saturated heterocycles. The van der Waals surface area contributed by atoms with Crippen LogP contribution in [0.4, 0.5) is 0 Å². The Balaban J connectivity index is 3.39. The molecule has 6 heteroatoms. The van der Waals surface area contributed by atoms with Gasteiger partial charge >= 0.3 is 5.97 Å². The largest absolute Gasteiger partial charge is 0.466 e. The fourth-order valence-corrected chi connectivity index (χ4v) is 11.7. The Hall–Kier alpha value is -1.92. The van der Waals surface area contributed by atoms with Crippen LogP contribution in [-0.4, -0.2) is 47.4 Å². The Kier molecular flexibility index (Phi) is 69.9. The van der Waals surface area contributed by atoms with Gasteiger partial charge in [-0.15, -0.1) is 0 Å². The molecule has 6 nitrogen and oxygen atoms in total. The van der Waals surface area contributed by atoms with Crippen molar-refractivity contribution in [1.82, 2.24) is 5.32 Å². The zero-order valence-corrected chi connectivity index (χ0v) is 55.5. The second kappa shape index (κ2) is 71.6. The number of ether oxygens (including phenoxy) is 1. The molecule has 484 valence electrons. The van der Waals surface area contributed by atoms with Crippen molar-refractivity contribution in [2.24, 2.45) is 0 Å². The standard InChI is InChI=1S/C76H145NO5/c1-3-5-7-9-11-13-15-17-18-19-20-21-22-26-29-32-35-38-41-45-48-52-56-60-64-68-74(79)73(72-78)77-75(80)69-65-61-57-53-49-46-42-39-36-33-30-27-24-23-25-28-31-34-37-40-43-47-51-55-59-63-67-71-82-76(81)70-66-62-58-54-50-44-16-14-12-10-8-6-4-2/h8,10,14,16,64,68,73-74,78-79H,3-7,9,11-13,15,17-63,65-67,69-72H2,1-2H3,(H,77,80)/b10-8-,16-14-,68-64+. The summed E-state index contributed by atoms with van der Waals surface area (Å²) in [5.41, 5.74) is 0. The molecule has 0 bridgehead atoms. The number of carbonyl (C=O) groups is 2. The van der Waals surface area contributed by atoms with Crippen LogP contribution in [0.5, 0.6) is 0 Å². The Morgan fingerprint density at radius 1 is 0.341 bits per heavy atom. The Morgan fingerprint density at radius 3 is 0.976 bits per heavy atom. The lowest BCUT2D eigenvalue weighted by Gasteiger charge is -2.20. The zero-order valence-electron chi connectivity index (χ0n) is 55.5. The fourth-order valence-electron chi connectivity index (χ4n) is 11.7. The molecule has 0 spiro atoms. The van der Waals surface area contributed by atoms with E-state index in [1.54, 1.807) is 6.08 Å². The highest BCUT2D eigenvalue weighted by atomic mass is 16.5. The number of hydrogen-bond donors (Lipinski definition) is 3. The molecule has 0 saturated carbocycles. The lowest BCUT2D eigenvalue weighted by atomic mass is 10.0. The number of aliphatic hydroxyl groups excluding tert-OH is 2.